The van der Waals surface area contributed by atoms with Crippen molar-refractivity contribution < 1.29 is 0 Å². The highest BCUT2D eigenvalue weighted by molar-refractivity contribution is 5.78. The maximum absolute atomic E-state index is 5.80. The zero-order chi connectivity index (χ0) is 9.26. The molecule has 0 bridgehead atoms. The van der Waals surface area contributed by atoms with Gasteiger partial charge < -0.3 is 11.1 Å². The van der Waals surface area contributed by atoms with Crippen molar-refractivity contribution in [2.24, 2.45) is 16.6 Å². The minimum absolute atomic E-state index is 0.508. The number of nitrogens with two attached hydrogens (primary N) is 1. The first-order valence-corrected chi connectivity index (χ1v) is 5.35. The molecule has 3 nitrogen and oxygen atoms in total. The van der Waals surface area contributed by atoms with Gasteiger partial charge in [0, 0.05) is 6.04 Å². The van der Waals surface area contributed by atoms with Gasteiger partial charge in [0.05, 0.1) is 6.04 Å². The molecule has 2 saturated carbocycles. The summed E-state index contributed by atoms with van der Waals surface area (Å²) in [6.07, 6.45) is 6.41. The maximum Gasteiger partial charge on any atom is 0.189 e. The highest BCUT2D eigenvalue weighted by Crippen LogP contribution is 2.32. The molecule has 2 rings (SSSR count). The number of hydrogen-bond donors (Lipinski definition) is 2. The van der Waals surface area contributed by atoms with Crippen molar-refractivity contribution in [1.82, 2.24) is 5.32 Å². The fourth-order valence-electron chi connectivity index (χ4n) is 1.98. The molecule has 0 amide bonds. The third kappa shape index (κ3) is 2.36. The summed E-state index contributed by atoms with van der Waals surface area (Å²) in [7, 11) is 0. The summed E-state index contributed by atoms with van der Waals surface area (Å²) in [5, 5.41) is 3.30. The van der Waals surface area contributed by atoms with Crippen LogP contribution in [0.5, 0.6) is 0 Å². The molecule has 2 aliphatic carbocycles. The Morgan fingerprint density at radius 3 is 2.54 bits per heavy atom. The smallest absolute Gasteiger partial charge is 0.189 e. The van der Waals surface area contributed by atoms with Gasteiger partial charge in [-0.3, -0.25) is 0 Å². The van der Waals surface area contributed by atoms with Gasteiger partial charge >= 0.3 is 0 Å². The molecule has 2 aliphatic rings. The number of rotatable bonds is 2. The lowest BCUT2D eigenvalue weighted by molar-refractivity contribution is 0.624. The summed E-state index contributed by atoms with van der Waals surface area (Å²) < 4.78 is 0. The van der Waals surface area contributed by atoms with Crippen molar-refractivity contribution in [2.45, 2.75) is 51.1 Å². The normalized spacial score (nSPS) is 35.0. The average molecular weight is 181 g/mol. The van der Waals surface area contributed by atoms with Crippen LogP contribution >= 0.6 is 0 Å². The van der Waals surface area contributed by atoms with E-state index in [1.54, 1.807) is 0 Å². The monoisotopic (exact) mass is 181 g/mol. The Labute approximate surface area is 79.8 Å². The van der Waals surface area contributed by atoms with Crippen LogP contribution in [-0.2, 0) is 0 Å². The Hall–Kier alpha value is -0.730. The minimum atomic E-state index is 0.508. The summed E-state index contributed by atoms with van der Waals surface area (Å²) in [4.78, 5) is 4.42. The van der Waals surface area contributed by atoms with Crippen molar-refractivity contribution in [3.63, 3.8) is 0 Å². The van der Waals surface area contributed by atoms with E-state index in [2.05, 4.69) is 17.2 Å². The fourth-order valence-corrected chi connectivity index (χ4v) is 1.98. The van der Waals surface area contributed by atoms with Crippen LogP contribution < -0.4 is 11.1 Å². The summed E-state index contributed by atoms with van der Waals surface area (Å²) in [5.41, 5.74) is 5.80. The zero-order valence-electron chi connectivity index (χ0n) is 8.29. The van der Waals surface area contributed by atoms with Gasteiger partial charge in [0.1, 0.15) is 0 Å². The quantitative estimate of drug-likeness (QED) is 0.497. The lowest BCUT2D eigenvalue weighted by atomic mass is 10.2. The molecular weight excluding hydrogens is 162 g/mol. The predicted molar refractivity (Wildman–Crippen MR) is 54.6 cm³/mol. The van der Waals surface area contributed by atoms with Crippen molar-refractivity contribution >= 4 is 5.96 Å². The van der Waals surface area contributed by atoms with Crippen LogP contribution in [0.15, 0.2) is 4.99 Å². The molecule has 0 aromatic carbocycles. The number of nitrogens with one attached hydrogen (secondary N) is 1. The molecular formula is C10H19N3. The van der Waals surface area contributed by atoms with Crippen LogP contribution in [-0.4, -0.2) is 18.0 Å². The minimum Gasteiger partial charge on any atom is -0.370 e. The van der Waals surface area contributed by atoms with Crippen molar-refractivity contribution in [3.8, 4) is 0 Å². The molecule has 74 valence electrons. The fraction of sp³-hybridized carbons (Fsp3) is 0.900. The second kappa shape index (κ2) is 3.56. The summed E-state index contributed by atoms with van der Waals surface area (Å²) >= 11 is 0. The number of guanidine groups is 1. The molecule has 0 saturated heterocycles. The summed E-state index contributed by atoms with van der Waals surface area (Å²) in [5.74, 6) is 1.42. The third-order valence-electron chi connectivity index (χ3n) is 3.08. The highest BCUT2D eigenvalue weighted by atomic mass is 15.1. The lowest BCUT2D eigenvalue weighted by Gasteiger charge is -2.11. The van der Waals surface area contributed by atoms with E-state index in [0.717, 1.165) is 5.92 Å². The van der Waals surface area contributed by atoms with Crippen molar-refractivity contribution in [3.05, 3.63) is 0 Å². The van der Waals surface area contributed by atoms with Crippen molar-refractivity contribution in [2.75, 3.05) is 0 Å². The summed E-state index contributed by atoms with van der Waals surface area (Å²) in [6, 6.07) is 1.10. The molecule has 0 heterocycles. The van der Waals surface area contributed by atoms with Gasteiger partial charge in [0.2, 0.25) is 0 Å². The van der Waals surface area contributed by atoms with Crippen LogP contribution in [0.1, 0.15) is 39.0 Å². The first-order valence-electron chi connectivity index (χ1n) is 5.35. The predicted octanol–water partition coefficient (Wildman–Crippen LogP) is 1.24. The van der Waals surface area contributed by atoms with Gasteiger partial charge in [-0.1, -0.05) is 19.8 Å². The molecule has 2 unspecified atom stereocenters. The average Bonchev–Trinajstić information content (AvgIpc) is 2.61. The topological polar surface area (TPSA) is 50.4 Å². The second-order valence-electron chi connectivity index (χ2n) is 4.42. The summed E-state index contributed by atoms with van der Waals surface area (Å²) in [6.45, 7) is 2.22. The second-order valence-corrected chi connectivity index (χ2v) is 4.42. The molecule has 2 fully saturated rings. The van der Waals surface area contributed by atoms with E-state index in [4.69, 9.17) is 5.73 Å². The molecule has 0 aromatic rings. The molecule has 0 spiro atoms. The first kappa shape index (κ1) is 8.85. The Morgan fingerprint density at radius 2 is 2.00 bits per heavy atom. The standard InChI is InChI=1S/C10H19N3/c1-7-6-9(7)13-10(11)12-8-4-2-3-5-8/h7-9H,2-6H2,1H3,(H3,11,12,13). The third-order valence-corrected chi connectivity index (χ3v) is 3.08. The maximum atomic E-state index is 5.80. The molecule has 13 heavy (non-hydrogen) atoms. The molecule has 3 N–H and O–H groups in total. The van der Waals surface area contributed by atoms with Crippen LogP contribution in [0.3, 0.4) is 0 Å². The number of aliphatic imine (C=N–C) groups is 1. The molecule has 3 heteroatoms. The van der Waals surface area contributed by atoms with Crippen LogP contribution in [0.2, 0.25) is 0 Å². The van der Waals surface area contributed by atoms with Gasteiger partial charge in [0.15, 0.2) is 5.96 Å². The molecule has 0 aromatic heterocycles. The van der Waals surface area contributed by atoms with Crippen LogP contribution in [0.4, 0.5) is 0 Å². The SMILES string of the molecule is CC1CC1N=C(N)NC1CCCC1. The molecule has 2 atom stereocenters. The van der Waals surface area contributed by atoms with Gasteiger partial charge in [-0.25, -0.2) is 4.99 Å². The van der Waals surface area contributed by atoms with E-state index < -0.39 is 0 Å². The Balaban J connectivity index is 1.76. The van der Waals surface area contributed by atoms with Gasteiger partial charge in [-0.2, -0.15) is 0 Å². The van der Waals surface area contributed by atoms with Crippen LogP contribution in [0.25, 0.3) is 0 Å². The van der Waals surface area contributed by atoms with E-state index >= 15 is 0 Å². The van der Waals surface area contributed by atoms with Crippen LogP contribution in [0, 0.1) is 5.92 Å². The number of nitrogens with zero attached hydrogens (tertiary/aromatic N) is 1. The van der Waals surface area contributed by atoms with E-state index in [1.807, 2.05) is 0 Å². The van der Waals surface area contributed by atoms with Gasteiger partial charge in [-0.15, -0.1) is 0 Å². The lowest BCUT2D eigenvalue weighted by Crippen LogP contribution is -2.38. The largest absolute Gasteiger partial charge is 0.370 e. The van der Waals surface area contributed by atoms with E-state index in [0.29, 0.717) is 18.0 Å². The van der Waals surface area contributed by atoms with Gasteiger partial charge in [-0.05, 0) is 25.2 Å². The highest BCUT2D eigenvalue weighted by Gasteiger charge is 2.32. The van der Waals surface area contributed by atoms with E-state index in [-0.39, 0.29) is 0 Å². The zero-order valence-corrected chi connectivity index (χ0v) is 8.29. The Bertz CT molecular complexity index is 206. The van der Waals surface area contributed by atoms with Crippen molar-refractivity contribution in [1.29, 1.82) is 0 Å². The van der Waals surface area contributed by atoms with Gasteiger partial charge in [0.25, 0.3) is 0 Å². The van der Waals surface area contributed by atoms with E-state index in [1.165, 1.54) is 32.1 Å². The molecule has 0 aliphatic heterocycles. The van der Waals surface area contributed by atoms with E-state index in [9.17, 15) is 0 Å². The Kier molecular flexibility index (Phi) is 2.42. The first-order chi connectivity index (χ1) is 6.25. The molecule has 0 radical (unpaired) electrons. The number of hydrogen-bond acceptors (Lipinski definition) is 1. The Morgan fingerprint density at radius 1 is 1.38 bits per heavy atom.